The number of nitrogens with zero attached hydrogens (tertiary/aromatic N) is 3. The number of hydrogen-bond acceptors (Lipinski definition) is 6. The quantitative estimate of drug-likeness (QED) is 0.318. The molecular weight excluding hydrogens is 470 g/mol. The summed E-state index contributed by atoms with van der Waals surface area (Å²) in [4.78, 5) is 22.2. The number of aromatic nitrogens is 1. The van der Waals surface area contributed by atoms with Gasteiger partial charge in [0.05, 0.1) is 10.7 Å². The van der Waals surface area contributed by atoms with Crippen LogP contribution in [0.25, 0.3) is 10.8 Å². The van der Waals surface area contributed by atoms with E-state index in [0.717, 1.165) is 49.4 Å². The van der Waals surface area contributed by atoms with Gasteiger partial charge in [0, 0.05) is 43.5 Å². The molecule has 1 amide bonds. The highest BCUT2D eigenvalue weighted by Crippen LogP contribution is 2.26. The predicted molar refractivity (Wildman–Crippen MR) is 144 cm³/mol. The number of fused-ring (bicyclic) bond motifs is 1. The van der Waals surface area contributed by atoms with Crippen LogP contribution in [0.15, 0.2) is 64.4 Å². The minimum absolute atomic E-state index is 0.0579. The third-order valence-corrected chi connectivity index (χ3v) is 7.75. The molecule has 0 N–H and O–H groups in total. The molecule has 0 atom stereocenters. The van der Waals surface area contributed by atoms with Crippen molar-refractivity contribution >= 4 is 28.0 Å². The zero-order valence-corrected chi connectivity index (χ0v) is 22.0. The lowest BCUT2D eigenvalue weighted by molar-refractivity contribution is 0.0725. The summed E-state index contributed by atoms with van der Waals surface area (Å²) in [5.74, 6) is 1.73. The minimum atomic E-state index is -0.0579. The van der Waals surface area contributed by atoms with Crippen molar-refractivity contribution in [1.82, 2.24) is 14.8 Å². The zero-order valence-electron chi connectivity index (χ0n) is 21.2. The molecule has 0 saturated carbocycles. The lowest BCUT2D eigenvalue weighted by Gasteiger charge is -2.21. The molecule has 5 rings (SSSR count). The lowest BCUT2D eigenvalue weighted by Crippen LogP contribution is -2.35. The molecule has 1 saturated heterocycles. The predicted octanol–water partition coefficient (Wildman–Crippen LogP) is 6.11. The normalized spacial score (nSPS) is 15.2. The molecule has 188 valence electrons. The minimum Gasteiger partial charge on any atom is -0.486 e. The van der Waals surface area contributed by atoms with Crippen molar-refractivity contribution in [2.45, 2.75) is 45.8 Å². The van der Waals surface area contributed by atoms with Crippen molar-refractivity contribution in [2.24, 2.45) is 0 Å². The average Bonchev–Trinajstić information content (AvgIpc) is 3.48. The van der Waals surface area contributed by atoms with Crippen LogP contribution in [0, 0.1) is 0 Å². The number of ether oxygens (including phenoxy) is 1. The number of carbonyl (C=O) groups is 1. The second-order valence-electron chi connectivity index (χ2n) is 10.4. The summed E-state index contributed by atoms with van der Waals surface area (Å²) < 4.78 is 11.8. The van der Waals surface area contributed by atoms with Gasteiger partial charge in [-0.25, -0.2) is 4.98 Å². The van der Waals surface area contributed by atoms with Crippen molar-refractivity contribution < 1.29 is 13.9 Å². The molecule has 0 bridgehead atoms. The Morgan fingerprint density at radius 3 is 2.67 bits per heavy atom. The van der Waals surface area contributed by atoms with Crippen LogP contribution in [-0.4, -0.2) is 46.9 Å². The molecule has 36 heavy (non-hydrogen) atoms. The number of amides is 1. The van der Waals surface area contributed by atoms with Crippen molar-refractivity contribution in [3.63, 3.8) is 0 Å². The van der Waals surface area contributed by atoms with Gasteiger partial charge in [0.25, 0.3) is 5.91 Å². The van der Waals surface area contributed by atoms with Crippen LogP contribution in [0.4, 0.5) is 0 Å². The van der Waals surface area contributed by atoms with Crippen molar-refractivity contribution in [2.75, 3.05) is 26.2 Å². The summed E-state index contributed by atoms with van der Waals surface area (Å²) in [5.41, 5.74) is 1.19. The van der Waals surface area contributed by atoms with E-state index in [4.69, 9.17) is 14.1 Å². The Kier molecular flexibility index (Phi) is 7.12. The summed E-state index contributed by atoms with van der Waals surface area (Å²) in [6, 6.07) is 17.8. The Morgan fingerprint density at radius 1 is 1.03 bits per heavy atom. The fourth-order valence-corrected chi connectivity index (χ4v) is 5.32. The molecule has 2 aromatic heterocycles. The third kappa shape index (κ3) is 5.79. The fourth-order valence-electron chi connectivity index (χ4n) is 4.42. The molecule has 0 spiro atoms. The van der Waals surface area contributed by atoms with Crippen LogP contribution in [0.5, 0.6) is 5.75 Å². The lowest BCUT2D eigenvalue weighted by atomic mass is 9.98. The van der Waals surface area contributed by atoms with Crippen LogP contribution in [0.3, 0.4) is 0 Å². The van der Waals surface area contributed by atoms with E-state index in [0.29, 0.717) is 18.1 Å². The third-order valence-electron chi connectivity index (χ3n) is 6.43. The van der Waals surface area contributed by atoms with Gasteiger partial charge in [-0.2, -0.15) is 0 Å². The topological polar surface area (TPSA) is 58.8 Å². The van der Waals surface area contributed by atoms with Gasteiger partial charge in [0.2, 0.25) is 0 Å². The molecule has 3 heterocycles. The van der Waals surface area contributed by atoms with Crippen molar-refractivity contribution in [1.29, 1.82) is 0 Å². The zero-order chi connectivity index (χ0) is 25.1. The van der Waals surface area contributed by atoms with Crippen LogP contribution in [0.1, 0.15) is 54.2 Å². The number of carbonyl (C=O) groups excluding carboxylic acids is 1. The van der Waals surface area contributed by atoms with E-state index in [1.54, 1.807) is 17.4 Å². The van der Waals surface area contributed by atoms with E-state index >= 15 is 0 Å². The largest absolute Gasteiger partial charge is 0.486 e. The molecule has 1 aliphatic heterocycles. The summed E-state index contributed by atoms with van der Waals surface area (Å²) in [6.45, 7) is 10.9. The summed E-state index contributed by atoms with van der Waals surface area (Å²) in [6.07, 6.45) is 0.931. The Morgan fingerprint density at radius 2 is 1.86 bits per heavy atom. The van der Waals surface area contributed by atoms with E-state index in [2.05, 4.69) is 43.2 Å². The summed E-state index contributed by atoms with van der Waals surface area (Å²) in [5, 5.41) is 5.64. The molecule has 4 aromatic rings. The van der Waals surface area contributed by atoms with Crippen LogP contribution in [0.2, 0.25) is 0 Å². The molecule has 0 aliphatic carbocycles. The standard InChI is InChI=1S/C29H33N3O3S/c1-29(2,3)28-30-23(20-36-28)18-31-13-6-14-32(16-15-31)27(33)26-12-11-25(35-26)19-34-24-10-9-21-7-4-5-8-22(21)17-24/h4-5,7-12,17,20H,6,13-16,18-19H2,1-3H3. The van der Waals surface area contributed by atoms with Gasteiger partial charge in [0.1, 0.15) is 18.1 Å². The number of thiazole rings is 1. The first-order chi connectivity index (χ1) is 17.3. The second kappa shape index (κ2) is 10.4. The van der Waals surface area contributed by atoms with Crippen LogP contribution >= 0.6 is 11.3 Å². The van der Waals surface area contributed by atoms with Crippen LogP contribution in [-0.2, 0) is 18.6 Å². The Bertz CT molecular complexity index is 1340. The van der Waals surface area contributed by atoms with Gasteiger partial charge in [-0.1, -0.05) is 51.1 Å². The van der Waals surface area contributed by atoms with Gasteiger partial charge < -0.3 is 14.1 Å². The molecule has 1 fully saturated rings. The van der Waals surface area contributed by atoms with E-state index in [9.17, 15) is 4.79 Å². The molecule has 6 nitrogen and oxygen atoms in total. The van der Waals surface area contributed by atoms with Gasteiger partial charge in [-0.3, -0.25) is 9.69 Å². The molecule has 1 aliphatic rings. The molecule has 2 aromatic carbocycles. The number of rotatable bonds is 6. The summed E-state index contributed by atoms with van der Waals surface area (Å²) in [7, 11) is 0. The first-order valence-electron chi connectivity index (χ1n) is 12.5. The van der Waals surface area contributed by atoms with Crippen molar-refractivity contribution in [3.05, 3.63) is 82.2 Å². The first-order valence-corrected chi connectivity index (χ1v) is 13.4. The van der Waals surface area contributed by atoms with Crippen LogP contribution < -0.4 is 4.74 Å². The van der Waals surface area contributed by atoms with E-state index in [-0.39, 0.29) is 17.9 Å². The summed E-state index contributed by atoms with van der Waals surface area (Å²) >= 11 is 1.73. The van der Waals surface area contributed by atoms with Gasteiger partial charge >= 0.3 is 0 Å². The number of benzene rings is 2. The Labute approximate surface area is 216 Å². The Balaban J connectivity index is 1.15. The monoisotopic (exact) mass is 503 g/mol. The van der Waals surface area contributed by atoms with Crippen molar-refractivity contribution in [3.8, 4) is 5.75 Å². The molecular formula is C29H33N3O3S. The van der Waals surface area contributed by atoms with Gasteiger partial charge in [-0.15, -0.1) is 11.3 Å². The maximum absolute atomic E-state index is 13.1. The highest BCUT2D eigenvalue weighted by atomic mass is 32.1. The number of hydrogen-bond donors (Lipinski definition) is 0. The Hall–Kier alpha value is -3.16. The average molecular weight is 504 g/mol. The molecule has 0 unspecified atom stereocenters. The van der Waals surface area contributed by atoms with Gasteiger partial charge in [0.15, 0.2) is 5.76 Å². The molecule has 7 heteroatoms. The fraction of sp³-hybridized carbons (Fsp3) is 0.379. The van der Waals surface area contributed by atoms with Gasteiger partial charge in [-0.05, 0) is 41.5 Å². The second-order valence-corrected chi connectivity index (χ2v) is 11.2. The number of furan rings is 1. The maximum Gasteiger partial charge on any atom is 0.289 e. The highest BCUT2D eigenvalue weighted by molar-refractivity contribution is 7.09. The van der Waals surface area contributed by atoms with E-state index in [1.165, 1.54) is 10.4 Å². The smallest absolute Gasteiger partial charge is 0.289 e. The highest BCUT2D eigenvalue weighted by Gasteiger charge is 2.24. The van der Waals surface area contributed by atoms with E-state index in [1.807, 2.05) is 41.3 Å². The van der Waals surface area contributed by atoms with E-state index < -0.39 is 0 Å². The SMILES string of the molecule is CC(C)(C)c1nc(CN2CCCN(C(=O)c3ccc(COc4ccc5ccccc5c4)o3)CC2)cs1. The molecule has 0 radical (unpaired) electrons. The maximum atomic E-state index is 13.1. The first kappa shape index (κ1) is 24.5.